The molecule has 0 amide bonds. The molecule has 1 saturated carbocycles. The molecule has 0 bridgehead atoms. The van der Waals surface area contributed by atoms with Gasteiger partial charge in [-0.2, -0.15) is 0 Å². The Kier molecular flexibility index (Phi) is 4.22. The summed E-state index contributed by atoms with van der Waals surface area (Å²) in [5.74, 6) is 2.52. The van der Waals surface area contributed by atoms with Crippen LogP contribution in [-0.2, 0) is 0 Å². The van der Waals surface area contributed by atoms with Crippen molar-refractivity contribution in [1.29, 1.82) is 0 Å². The van der Waals surface area contributed by atoms with Crippen molar-refractivity contribution in [2.45, 2.75) is 59.9 Å². The van der Waals surface area contributed by atoms with E-state index in [1.54, 1.807) is 0 Å². The first kappa shape index (κ1) is 13.0. The molecule has 1 fully saturated rings. The van der Waals surface area contributed by atoms with Gasteiger partial charge < -0.3 is 5.32 Å². The Hall–Kier alpha value is -0.0400. The molecule has 0 aliphatic heterocycles. The summed E-state index contributed by atoms with van der Waals surface area (Å²) in [7, 11) is 2.12. The Morgan fingerprint density at radius 3 is 2.20 bits per heavy atom. The lowest BCUT2D eigenvalue weighted by molar-refractivity contribution is 0.0957. The third-order valence-electron chi connectivity index (χ3n) is 3.98. The number of rotatable bonds is 3. The van der Waals surface area contributed by atoms with Crippen LogP contribution in [0.15, 0.2) is 0 Å². The maximum Gasteiger partial charge on any atom is 0.0116 e. The summed E-state index contributed by atoms with van der Waals surface area (Å²) in [6.07, 6.45) is 4.20. The monoisotopic (exact) mass is 211 g/mol. The Morgan fingerprint density at radius 1 is 1.20 bits per heavy atom. The fourth-order valence-corrected chi connectivity index (χ4v) is 3.81. The summed E-state index contributed by atoms with van der Waals surface area (Å²) in [5.41, 5.74) is 0.548. The highest BCUT2D eigenvalue weighted by Gasteiger charge is 2.36. The maximum absolute atomic E-state index is 3.53. The Morgan fingerprint density at radius 2 is 1.80 bits per heavy atom. The molecular formula is C14H29N. The second-order valence-electron chi connectivity index (χ2n) is 6.73. The average molecular weight is 211 g/mol. The van der Waals surface area contributed by atoms with Crippen molar-refractivity contribution in [1.82, 2.24) is 5.32 Å². The molecule has 0 saturated heterocycles. The number of hydrogen-bond donors (Lipinski definition) is 1. The lowest BCUT2D eigenvalue weighted by Gasteiger charge is -2.43. The van der Waals surface area contributed by atoms with E-state index in [9.17, 15) is 0 Å². The van der Waals surface area contributed by atoms with Crippen molar-refractivity contribution >= 4 is 0 Å². The Balaban J connectivity index is 2.68. The summed E-state index contributed by atoms with van der Waals surface area (Å²) in [6, 6.07) is 0.701. The molecule has 90 valence electrons. The van der Waals surface area contributed by atoms with Crippen LogP contribution < -0.4 is 5.32 Å². The summed E-state index contributed by atoms with van der Waals surface area (Å²) < 4.78 is 0. The van der Waals surface area contributed by atoms with Gasteiger partial charge in [0, 0.05) is 6.04 Å². The van der Waals surface area contributed by atoms with Crippen molar-refractivity contribution < 1.29 is 0 Å². The van der Waals surface area contributed by atoms with Crippen LogP contribution in [0.3, 0.4) is 0 Å². The van der Waals surface area contributed by atoms with Crippen LogP contribution in [0.1, 0.15) is 53.9 Å². The van der Waals surface area contributed by atoms with Crippen LogP contribution in [-0.4, -0.2) is 13.1 Å². The van der Waals surface area contributed by atoms with Crippen molar-refractivity contribution in [2.24, 2.45) is 23.2 Å². The van der Waals surface area contributed by atoms with Crippen molar-refractivity contribution in [3.05, 3.63) is 0 Å². The van der Waals surface area contributed by atoms with Crippen molar-refractivity contribution in [3.8, 4) is 0 Å². The zero-order valence-corrected chi connectivity index (χ0v) is 11.4. The Bertz CT molecular complexity index is 196. The average Bonchev–Trinajstić information content (AvgIpc) is 1.99. The molecule has 3 atom stereocenters. The molecule has 1 nitrogen and oxygen atoms in total. The van der Waals surface area contributed by atoms with E-state index in [0.29, 0.717) is 11.5 Å². The van der Waals surface area contributed by atoms with Crippen LogP contribution in [0, 0.1) is 23.2 Å². The quantitative estimate of drug-likeness (QED) is 0.750. The molecule has 1 aliphatic carbocycles. The van der Waals surface area contributed by atoms with Gasteiger partial charge in [-0.05, 0) is 49.5 Å². The lowest BCUT2D eigenvalue weighted by atomic mass is 9.65. The van der Waals surface area contributed by atoms with E-state index in [2.05, 4.69) is 47.0 Å². The molecule has 0 heterocycles. The van der Waals surface area contributed by atoms with Gasteiger partial charge in [-0.25, -0.2) is 0 Å². The topological polar surface area (TPSA) is 12.0 Å². The van der Waals surface area contributed by atoms with Crippen molar-refractivity contribution in [3.63, 3.8) is 0 Å². The van der Waals surface area contributed by atoms with Gasteiger partial charge in [-0.1, -0.05) is 34.6 Å². The zero-order chi connectivity index (χ0) is 11.6. The SMILES string of the molecule is CNC(C(C)C)C1CC(C)CC(C)(C)C1. The van der Waals surface area contributed by atoms with Crippen LogP contribution in [0.25, 0.3) is 0 Å². The third-order valence-corrected chi connectivity index (χ3v) is 3.98. The van der Waals surface area contributed by atoms with E-state index in [4.69, 9.17) is 0 Å². The first-order valence-electron chi connectivity index (χ1n) is 6.53. The highest BCUT2D eigenvalue weighted by atomic mass is 14.9. The van der Waals surface area contributed by atoms with Gasteiger partial charge >= 0.3 is 0 Å². The molecule has 1 aliphatic rings. The molecule has 15 heavy (non-hydrogen) atoms. The second kappa shape index (κ2) is 4.86. The standard InChI is InChI=1S/C14H29N/c1-10(2)13(15-6)12-7-11(3)8-14(4,5)9-12/h10-13,15H,7-9H2,1-6H3. The van der Waals surface area contributed by atoms with Gasteiger partial charge in [-0.15, -0.1) is 0 Å². The minimum atomic E-state index is 0.548. The molecule has 1 rings (SSSR count). The van der Waals surface area contributed by atoms with Crippen molar-refractivity contribution in [2.75, 3.05) is 7.05 Å². The predicted octanol–water partition coefficient (Wildman–Crippen LogP) is 3.69. The van der Waals surface area contributed by atoms with Crippen LogP contribution >= 0.6 is 0 Å². The molecule has 0 spiro atoms. The van der Waals surface area contributed by atoms with E-state index in [1.165, 1.54) is 19.3 Å². The first-order chi connectivity index (χ1) is 6.85. The number of nitrogens with one attached hydrogen (secondary N) is 1. The molecule has 0 radical (unpaired) electrons. The maximum atomic E-state index is 3.53. The van der Waals surface area contributed by atoms with E-state index in [1.807, 2.05) is 0 Å². The van der Waals surface area contributed by atoms with E-state index in [0.717, 1.165) is 17.8 Å². The fourth-order valence-electron chi connectivity index (χ4n) is 3.81. The summed E-state index contributed by atoms with van der Waals surface area (Å²) in [4.78, 5) is 0. The summed E-state index contributed by atoms with van der Waals surface area (Å²) in [6.45, 7) is 12.0. The van der Waals surface area contributed by atoms with Gasteiger partial charge in [0.1, 0.15) is 0 Å². The van der Waals surface area contributed by atoms with Gasteiger partial charge in [0.25, 0.3) is 0 Å². The summed E-state index contributed by atoms with van der Waals surface area (Å²) >= 11 is 0. The fraction of sp³-hybridized carbons (Fsp3) is 1.00. The van der Waals surface area contributed by atoms with Gasteiger partial charge in [-0.3, -0.25) is 0 Å². The lowest BCUT2D eigenvalue weighted by Crippen LogP contribution is -2.43. The highest BCUT2D eigenvalue weighted by molar-refractivity contribution is 4.89. The van der Waals surface area contributed by atoms with Crippen LogP contribution in [0.4, 0.5) is 0 Å². The normalized spacial score (nSPS) is 33.0. The predicted molar refractivity (Wildman–Crippen MR) is 68.0 cm³/mol. The molecular weight excluding hydrogens is 182 g/mol. The van der Waals surface area contributed by atoms with Gasteiger partial charge in [0.15, 0.2) is 0 Å². The molecule has 0 aromatic heterocycles. The molecule has 0 aromatic carbocycles. The molecule has 1 N–H and O–H groups in total. The zero-order valence-electron chi connectivity index (χ0n) is 11.4. The molecule has 1 heteroatoms. The van der Waals surface area contributed by atoms with Crippen LogP contribution in [0.5, 0.6) is 0 Å². The molecule has 0 aromatic rings. The van der Waals surface area contributed by atoms with Crippen LogP contribution in [0.2, 0.25) is 0 Å². The van der Waals surface area contributed by atoms with Gasteiger partial charge in [0.2, 0.25) is 0 Å². The van der Waals surface area contributed by atoms with E-state index >= 15 is 0 Å². The smallest absolute Gasteiger partial charge is 0.0116 e. The Labute approximate surface area is 96.0 Å². The second-order valence-corrected chi connectivity index (χ2v) is 6.73. The largest absolute Gasteiger partial charge is 0.316 e. The third kappa shape index (κ3) is 3.48. The highest BCUT2D eigenvalue weighted by Crippen LogP contribution is 2.43. The minimum Gasteiger partial charge on any atom is -0.316 e. The number of hydrogen-bond acceptors (Lipinski definition) is 1. The van der Waals surface area contributed by atoms with E-state index < -0.39 is 0 Å². The molecule has 3 unspecified atom stereocenters. The van der Waals surface area contributed by atoms with E-state index in [-0.39, 0.29) is 0 Å². The minimum absolute atomic E-state index is 0.548. The van der Waals surface area contributed by atoms with Gasteiger partial charge in [0.05, 0.1) is 0 Å². The first-order valence-corrected chi connectivity index (χ1v) is 6.53. The summed E-state index contributed by atoms with van der Waals surface area (Å²) in [5, 5.41) is 3.53.